The molecule has 4 aromatic heterocycles. The minimum absolute atomic E-state index is 0.0715. The molecular formula is C56H67ClN4O23S2. The summed E-state index contributed by atoms with van der Waals surface area (Å²) in [6, 6.07) is 11.5. The van der Waals surface area contributed by atoms with Gasteiger partial charge >= 0.3 is 44.1 Å². The van der Waals surface area contributed by atoms with Crippen molar-refractivity contribution in [3.05, 3.63) is 101 Å². The number of carbonyl (C=O) groups excluding carboxylic acids is 8. The Morgan fingerprint density at radius 2 is 0.721 bits per heavy atom. The predicted octanol–water partition coefficient (Wildman–Crippen LogP) is 6.94. The number of rotatable bonds is 21. The number of benzene rings is 1. The Kier molecular flexibility index (Phi) is 25.8. The zero-order valence-corrected chi connectivity index (χ0v) is 51.7. The molecule has 0 amide bonds. The van der Waals surface area contributed by atoms with Crippen molar-refractivity contribution in [2.75, 3.05) is 41.0 Å². The van der Waals surface area contributed by atoms with Crippen LogP contribution in [0, 0.1) is 21.7 Å². The number of ether oxygens (including phenoxy) is 4. The highest BCUT2D eigenvalue weighted by atomic mass is 35.5. The molecule has 86 heavy (non-hydrogen) atoms. The van der Waals surface area contributed by atoms with Gasteiger partial charge in [0.1, 0.15) is 51.5 Å². The number of carbonyl (C=O) groups is 8. The second-order valence-electron chi connectivity index (χ2n) is 21.2. The second-order valence-corrected chi connectivity index (χ2v) is 24.8. The molecule has 5 N–H and O–H groups in total. The summed E-state index contributed by atoms with van der Waals surface area (Å²) in [5, 5.41) is 48.8. The third kappa shape index (κ3) is 22.6. The van der Waals surface area contributed by atoms with Crippen molar-refractivity contribution in [1.82, 2.24) is 19.9 Å². The fourth-order valence-corrected chi connectivity index (χ4v) is 8.30. The molecule has 0 aliphatic carbocycles. The van der Waals surface area contributed by atoms with Gasteiger partial charge in [-0.05, 0) is 79.2 Å². The lowest BCUT2D eigenvalue weighted by Crippen LogP contribution is -2.28. The number of methoxy groups -OCH3 is 4. The molecule has 30 heteroatoms. The van der Waals surface area contributed by atoms with E-state index in [0.29, 0.717) is 10.6 Å². The number of hydrogen-bond acceptors (Lipinski definition) is 27. The van der Waals surface area contributed by atoms with Crippen LogP contribution in [0.4, 0.5) is 0 Å². The smallest absolute Gasteiger partial charge is 0.311 e. The molecule has 0 aliphatic rings. The fourth-order valence-electron chi connectivity index (χ4n) is 7.23. The van der Waals surface area contributed by atoms with Crippen molar-refractivity contribution < 1.29 is 108 Å². The number of aromatic hydroxyl groups is 5. The first-order valence-corrected chi connectivity index (χ1v) is 28.9. The van der Waals surface area contributed by atoms with Crippen LogP contribution in [0.25, 0.3) is 11.1 Å². The summed E-state index contributed by atoms with van der Waals surface area (Å²) in [5.74, 6) is -6.66. The van der Waals surface area contributed by atoms with Crippen molar-refractivity contribution in [3.63, 3.8) is 0 Å². The number of Topliss-reactive ketones (excluding diaryl/α,β-unsaturated/α-hetero) is 4. The van der Waals surface area contributed by atoms with Gasteiger partial charge in [0.15, 0.2) is 34.6 Å². The van der Waals surface area contributed by atoms with Crippen LogP contribution in [0.3, 0.4) is 0 Å². The first kappa shape index (κ1) is 73.3. The Bertz CT molecular complexity index is 3460. The number of hydrogen-bond donors (Lipinski definition) is 5. The number of esters is 4. The zero-order valence-electron chi connectivity index (χ0n) is 49.3. The molecule has 0 radical (unpaired) electrons. The van der Waals surface area contributed by atoms with Crippen LogP contribution in [-0.2, 0) is 58.4 Å². The van der Waals surface area contributed by atoms with Crippen LogP contribution in [0.2, 0.25) is 5.02 Å². The molecule has 468 valence electrons. The molecule has 1 aromatic carbocycles. The maximum absolute atomic E-state index is 12.4. The molecule has 0 unspecified atom stereocenters. The van der Waals surface area contributed by atoms with Gasteiger partial charge in [-0.1, -0.05) is 23.7 Å². The average molecular weight is 1260 g/mol. The first-order valence-electron chi connectivity index (χ1n) is 24.9. The van der Waals surface area contributed by atoms with E-state index in [-0.39, 0.29) is 71.5 Å². The average Bonchev–Trinajstić information content (AvgIpc) is 1.70. The molecule has 0 saturated carbocycles. The molecular weight excluding hydrogens is 1200 g/mol. The lowest BCUT2D eigenvalue weighted by molar-refractivity contribution is -0.151. The van der Waals surface area contributed by atoms with Crippen molar-refractivity contribution in [1.29, 1.82) is 0 Å². The van der Waals surface area contributed by atoms with Crippen molar-refractivity contribution in [3.8, 4) is 51.4 Å². The van der Waals surface area contributed by atoms with Crippen LogP contribution in [0.5, 0.6) is 40.2 Å². The Morgan fingerprint density at radius 1 is 0.430 bits per heavy atom. The topological polar surface area (TPSA) is 413 Å². The predicted molar refractivity (Wildman–Crippen MR) is 306 cm³/mol. The van der Waals surface area contributed by atoms with Gasteiger partial charge in [0.05, 0.1) is 81.2 Å². The summed E-state index contributed by atoms with van der Waals surface area (Å²) in [5.41, 5.74) is -3.55. The molecule has 0 spiro atoms. The lowest BCUT2D eigenvalue weighted by Gasteiger charge is -2.20. The maximum Gasteiger partial charge on any atom is 0.311 e. The Balaban J connectivity index is 0.000000393. The largest absolute Gasteiger partial charge is 0.506 e. The van der Waals surface area contributed by atoms with Gasteiger partial charge in [-0.3, -0.25) is 38.4 Å². The van der Waals surface area contributed by atoms with E-state index in [1.165, 1.54) is 68.4 Å². The molecule has 0 atom stereocenters. The van der Waals surface area contributed by atoms with E-state index in [2.05, 4.69) is 47.2 Å². The van der Waals surface area contributed by atoms with Crippen LogP contribution < -0.4 is 8.37 Å². The minimum atomic E-state index is -3.77. The highest BCUT2D eigenvalue weighted by Crippen LogP contribution is 2.33. The van der Waals surface area contributed by atoms with Crippen LogP contribution in [0.15, 0.2) is 73.3 Å². The Labute approximate surface area is 500 Å². The molecule has 27 nitrogen and oxygen atoms in total. The van der Waals surface area contributed by atoms with Gasteiger partial charge in [-0.25, -0.2) is 19.9 Å². The van der Waals surface area contributed by atoms with Crippen molar-refractivity contribution >= 4 is 78.8 Å². The third-order valence-corrected chi connectivity index (χ3v) is 12.7. The number of halogens is 1. The SMILES string of the molecule is COC(=O)C(C)(C)CC(=O)c1ncc(-c2cccc(Cl)c2)cc1O.COC(=O)C(C)(C)CC(=O)c1ncc(O)cc1O.COC(=O)C(C)(C)CC(=O)c1ncc(OS(C)(=O)=O)cc1O.COC(=O)C(C)(C)CC(=O)c1ncc(OS(C)(=O)=O)cc1O. The molecule has 4 heterocycles. The van der Waals surface area contributed by atoms with E-state index >= 15 is 0 Å². The molecule has 5 aromatic rings. The third-order valence-electron chi connectivity index (χ3n) is 11.5. The lowest BCUT2D eigenvalue weighted by atomic mass is 9.86. The Hall–Kier alpha value is -8.83. The van der Waals surface area contributed by atoms with Gasteiger partial charge in [0, 0.05) is 60.7 Å². The molecule has 0 saturated heterocycles. The van der Waals surface area contributed by atoms with E-state index in [1.807, 2.05) is 6.07 Å². The van der Waals surface area contributed by atoms with Crippen LogP contribution in [0.1, 0.15) is 123 Å². The van der Waals surface area contributed by atoms with E-state index in [4.69, 9.17) is 16.7 Å². The first-order chi connectivity index (χ1) is 39.4. The Morgan fingerprint density at radius 3 is 0.988 bits per heavy atom. The van der Waals surface area contributed by atoms with Gasteiger partial charge in [-0.15, -0.1) is 0 Å². The van der Waals surface area contributed by atoms with Crippen molar-refractivity contribution in [2.24, 2.45) is 21.7 Å². The highest BCUT2D eigenvalue weighted by Gasteiger charge is 2.36. The summed E-state index contributed by atoms with van der Waals surface area (Å²) >= 11 is 5.95. The van der Waals surface area contributed by atoms with E-state index in [1.54, 1.807) is 45.9 Å². The second kappa shape index (κ2) is 30.3. The number of ketones is 4. The van der Waals surface area contributed by atoms with Gasteiger partial charge < -0.3 is 52.8 Å². The maximum atomic E-state index is 12.4. The molecule has 5 rings (SSSR count). The summed E-state index contributed by atoms with van der Waals surface area (Å²) in [6.07, 6.45) is 5.49. The summed E-state index contributed by atoms with van der Waals surface area (Å²) in [7, 11) is -2.61. The normalized spacial score (nSPS) is 11.5. The van der Waals surface area contributed by atoms with E-state index < -0.39 is 106 Å². The fraction of sp³-hybridized carbons (Fsp3) is 0.393. The highest BCUT2D eigenvalue weighted by molar-refractivity contribution is 7.86. The number of nitrogens with zero attached hydrogens (tertiary/aromatic N) is 4. The van der Waals surface area contributed by atoms with Crippen LogP contribution >= 0.6 is 11.6 Å². The molecule has 0 fully saturated rings. The van der Waals surface area contributed by atoms with Crippen LogP contribution in [-0.4, -0.2) is 150 Å². The standard InChI is InChI=1S/C18H18ClNO4.2C13H17NO7S.C12H15NO5/c1-18(2,17(23)24-3)9-15(22)16-14(21)8-12(10-20-16)11-5-4-6-13(19)7-11;2*1-13(2,12(17)20-3)6-10(16)11-9(15)5-8(7-14-11)21-22(4,18)19;1-12(2,11(17)18-3)5-9(16)10-8(15)4-7(14)6-13-10/h4-8,10,21H,9H2,1-3H3;2*5,7,15H,6H2,1-4H3;4,6,14-15H,5H2,1-3H3. The summed E-state index contributed by atoms with van der Waals surface area (Å²) in [6.45, 7) is 12.4. The summed E-state index contributed by atoms with van der Waals surface area (Å²) < 4.78 is 71.4. The van der Waals surface area contributed by atoms with Gasteiger partial charge in [0.2, 0.25) is 0 Å². The number of aromatic nitrogens is 4. The van der Waals surface area contributed by atoms with E-state index in [0.717, 1.165) is 54.9 Å². The molecule has 0 bridgehead atoms. The summed E-state index contributed by atoms with van der Waals surface area (Å²) in [4.78, 5) is 110. The number of pyridine rings is 4. The molecule has 0 aliphatic heterocycles. The van der Waals surface area contributed by atoms with Gasteiger partial charge in [0.25, 0.3) is 0 Å². The van der Waals surface area contributed by atoms with Crippen molar-refractivity contribution in [2.45, 2.75) is 81.1 Å². The van der Waals surface area contributed by atoms with Gasteiger partial charge in [-0.2, -0.15) is 16.8 Å². The monoisotopic (exact) mass is 1260 g/mol. The zero-order chi connectivity index (χ0) is 66.1. The minimum Gasteiger partial charge on any atom is -0.506 e. The van der Waals surface area contributed by atoms with E-state index in [9.17, 15) is 75.6 Å². The quantitative estimate of drug-likeness (QED) is 0.0215.